The molecule has 0 aliphatic carbocycles. The summed E-state index contributed by atoms with van der Waals surface area (Å²) in [7, 11) is 0. The zero-order chi connectivity index (χ0) is 22.0. The maximum Gasteiger partial charge on any atom is 0.295 e. The molecule has 4 rings (SSSR count). The Morgan fingerprint density at radius 3 is 2.35 bits per heavy atom. The third-order valence-electron chi connectivity index (χ3n) is 4.99. The smallest absolute Gasteiger partial charge is 0.295 e. The van der Waals surface area contributed by atoms with Crippen LogP contribution in [0, 0.1) is 10.1 Å². The molecule has 1 amide bonds. The number of nitrogens with zero attached hydrogens (tertiary/aromatic N) is 4. The van der Waals surface area contributed by atoms with Crippen LogP contribution in [-0.4, -0.2) is 36.6 Å². The van der Waals surface area contributed by atoms with Crippen LogP contribution >= 0.6 is 0 Å². The average molecular weight is 416 g/mol. The second-order valence-electron chi connectivity index (χ2n) is 6.87. The van der Waals surface area contributed by atoms with Crippen LogP contribution in [0.5, 0.6) is 0 Å². The highest BCUT2D eigenvalue weighted by atomic mass is 16.6. The molecule has 3 aromatic rings. The SMILES string of the molecule is O=C1C(=O)N(Cc2cccnc2)C(c2ccncc2)/C1=C(/O)c1ccc([N+](=O)[O-])cc1. The van der Waals surface area contributed by atoms with Crippen molar-refractivity contribution >= 4 is 23.1 Å². The zero-order valence-electron chi connectivity index (χ0n) is 16.1. The lowest BCUT2D eigenvalue weighted by Gasteiger charge is -2.25. The van der Waals surface area contributed by atoms with E-state index in [2.05, 4.69) is 9.97 Å². The second kappa shape index (κ2) is 8.15. The van der Waals surface area contributed by atoms with Crippen molar-refractivity contribution in [3.8, 4) is 0 Å². The number of amides is 1. The van der Waals surface area contributed by atoms with Crippen LogP contribution in [0.4, 0.5) is 5.69 Å². The highest BCUT2D eigenvalue weighted by Crippen LogP contribution is 2.40. The molecular formula is C22H16N4O5. The van der Waals surface area contributed by atoms with E-state index in [0.29, 0.717) is 5.56 Å². The Labute approximate surface area is 176 Å². The van der Waals surface area contributed by atoms with Gasteiger partial charge < -0.3 is 10.0 Å². The van der Waals surface area contributed by atoms with Crippen molar-refractivity contribution in [3.05, 3.63) is 106 Å². The number of Topliss-reactive ketones (excluding diaryl/α,β-unsaturated/α-hetero) is 1. The monoisotopic (exact) mass is 416 g/mol. The summed E-state index contributed by atoms with van der Waals surface area (Å²) in [6, 6.07) is 11.1. The lowest BCUT2D eigenvalue weighted by Crippen LogP contribution is -2.29. The number of nitro benzene ring substituents is 1. The van der Waals surface area contributed by atoms with Gasteiger partial charge in [0.1, 0.15) is 5.76 Å². The van der Waals surface area contributed by atoms with Crippen molar-refractivity contribution < 1.29 is 19.6 Å². The van der Waals surface area contributed by atoms with Gasteiger partial charge in [0.25, 0.3) is 17.4 Å². The predicted molar refractivity (Wildman–Crippen MR) is 109 cm³/mol. The molecule has 1 unspecified atom stereocenters. The summed E-state index contributed by atoms with van der Waals surface area (Å²) >= 11 is 0. The van der Waals surface area contributed by atoms with Gasteiger partial charge in [0.15, 0.2) is 0 Å². The van der Waals surface area contributed by atoms with Gasteiger partial charge in [0.05, 0.1) is 16.5 Å². The number of nitro groups is 1. The fourth-order valence-corrected chi connectivity index (χ4v) is 3.52. The Balaban J connectivity index is 1.83. The fourth-order valence-electron chi connectivity index (χ4n) is 3.52. The molecule has 9 heteroatoms. The number of hydrogen-bond donors (Lipinski definition) is 1. The van der Waals surface area contributed by atoms with Gasteiger partial charge in [0, 0.05) is 49.0 Å². The topological polar surface area (TPSA) is 127 Å². The van der Waals surface area contributed by atoms with Crippen LogP contribution in [0.1, 0.15) is 22.7 Å². The maximum atomic E-state index is 12.9. The van der Waals surface area contributed by atoms with Crippen LogP contribution in [0.2, 0.25) is 0 Å². The van der Waals surface area contributed by atoms with Gasteiger partial charge in [-0.25, -0.2) is 0 Å². The maximum absolute atomic E-state index is 12.9. The van der Waals surface area contributed by atoms with Crippen molar-refractivity contribution in [2.24, 2.45) is 0 Å². The summed E-state index contributed by atoms with van der Waals surface area (Å²) in [5.41, 5.74) is 1.28. The molecule has 0 saturated carbocycles. The molecule has 0 bridgehead atoms. The number of rotatable bonds is 5. The Hall–Kier alpha value is -4.40. The van der Waals surface area contributed by atoms with E-state index in [4.69, 9.17) is 0 Å². The summed E-state index contributed by atoms with van der Waals surface area (Å²) in [4.78, 5) is 45.5. The minimum Gasteiger partial charge on any atom is -0.507 e. The molecular weight excluding hydrogens is 400 g/mol. The van der Waals surface area contributed by atoms with Crippen LogP contribution in [0.25, 0.3) is 5.76 Å². The van der Waals surface area contributed by atoms with E-state index in [0.717, 1.165) is 5.56 Å². The average Bonchev–Trinajstić information content (AvgIpc) is 3.05. The lowest BCUT2D eigenvalue weighted by molar-refractivity contribution is -0.384. The van der Waals surface area contributed by atoms with Gasteiger partial charge in [-0.3, -0.25) is 29.7 Å². The highest BCUT2D eigenvalue weighted by molar-refractivity contribution is 6.46. The van der Waals surface area contributed by atoms with E-state index in [-0.39, 0.29) is 23.4 Å². The zero-order valence-corrected chi connectivity index (χ0v) is 16.1. The molecule has 1 aliphatic heterocycles. The van der Waals surface area contributed by atoms with Crippen molar-refractivity contribution in [1.82, 2.24) is 14.9 Å². The molecule has 0 spiro atoms. The molecule has 1 fully saturated rings. The Morgan fingerprint density at radius 1 is 1.03 bits per heavy atom. The van der Waals surface area contributed by atoms with Crippen LogP contribution in [0.3, 0.4) is 0 Å². The first kappa shape index (κ1) is 19.9. The number of ketones is 1. The molecule has 1 N–H and O–H groups in total. The standard InChI is InChI=1S/C22H16N4O5/c27-20(16-3-5-17(6-4-16)26(30)31)18-19(15-7-10-23-11-8-15)25(22(29)21(18)28)13-14-2-1-9-24-12-14/h1-12,19,27H,13H2/b20-18-. The van der Waals surface area contributed by atoms with Crippen LogP contribution in [-0.2, 0) is 16.1 Å². The second-order valence-corrected chi connectivity index (χ2v) is 6.87. The molecule has 1 atom stereocenters. The third-order valence-corrected chi connectivity index (χ3v) is 4.99. The largest absolute Gasteiger partial charge is 0.507 e. The number of hydrogen-bond acceptors (Lipinski definition) is 7. The van der Waals surface area contributed by atoms with Crippen LogP contribution in [0.15, 0.2) is 78.9 Å². The third kappa shape index (κ3) is 3.76. The number of carbonyl (C=O) groups is 2. The quantitative estimate of drug-likeness (QED) is 0.223. The number of benzene rings is 1. The first-order chi connectivity index (χ1) is 15.0. The normalized spacial score (nSPS) is 17.7. The fraction of sp³-hybridized carbons (Fsp3) is 0.0909. The number of aromatic nitrogens is 2. The lowest BCUT2D eigenvalue weighted by atomic mass is 9.96. The molecule has 1 saturated heterocycles. The minimum absolute atomic E-state index is 0.0889. The Bertz CT molecular complexity index is 1180. The predicted octanol–water partition coefficient (Wildman–Crippen LogP) is 3.01. The van der Waals surface area contributed by atoms with E-state index >= 15 is 0 Å². The summed E-state index contributed by atoms with van der Waals surface area (Å²) in [6.45, 7) is 0.114. The summed E-state index contributed by atoms with van der Waals surface area (Å²) in [6.07, 6.45) is 6.27. The highest BCUT2D eigenvalue weighted by Gasteiger charge is 2.46. The number of non-ortho nitro benzene ring substituents is 1. The number of aliphatic hydroxyl groups excluding tert-OH is 1. The molecule has 1 aromatic carbocycles. The minimum atomic E-state index is -0.849. The number of likely N-dealkylation sites (tertiary alicyclic amines) is 1. The number of pyridine rings is 2. The van der Waals surface area contributed by atoms with Gasteiger partial charge in [-0.15, -0.1) is 0 Å². The summed E-state index contributed by atoms with van der Waals surface area (Å²) in [5, 5.41) is 21.8. The number of carbonyl (C=O) groups excluding carboxylic acids is 2. The van der Waals surface area contributed by atoms with E-state index in [1.54, 1.807) is 36.7 Å². The molecule has 0 radical (unpaired) electrons. The van der Waals surface area contributed by atoms with Gasteiger partial charge in [-0.2, -0.15) is 0 Å². The van der Waals surface area contributed by atoms with E-state index in [9.17, 15) is 24.8 Å². The van der Waals surface area contributed by atoms with E-state index in [1.807, 2.05) is 0 Å². The van der Waals surface area contributed by atoms with Crippen LogP contribution < -0.4 is 0 Å². The van der Waals surface area contributed by atoms with Crippen molar-refractivity contribution in [2.45, 2.75) is 12.6 Å². The van der Waals surface area contributed by atoms with E-state index in [1.165, 1.54) is 41.6 Å². The molecule has 3 heterocycles. The first-order valence-electron chi connectivity index (χ1n) is 9.29. The van der Waals surface area contributed by atoms with Crippen molar-refractivity contribution in [3.63, 3.8) is 0 Å². The molecule has 1 aliphatic rings. The van der Waals surface area contributed by atoms with Crippen molar-refractivity contribution in [2.75, 3.05) is 0 Å². The molecule has 31 heavy (non-hydrogen) atoms. The van der Waals surface area contributed by atoms with Gasteiger partial charge >= 0.3 is 0 Å². The van der Waals surface area contributed by atoms with Crippen molar-refractivity contribution in [1.29, 1.82) is 0 Å². The molecule has 2 aromatic heterocycles. The molecule has 154 valence electrons. The molecule has 9 nitrogen and oxygen atoms in total. The summed E-state index contributed by atoms with van der Waals surface area (Å²) in [5.74, 6) is -1.99. The Morgan fingerprint density at radius 2 is 1.74 bits per heavy atom. The first-order valence-corrected chi connectivity index (χ1v) is 9.29. The Kier molecular flexibility index (Phi) is 5.23. The summed E-state index contributed by atoms with van der Waals surface area (Å²) < 4.78 is 0. The van der Waals surface area contributed by atoms with Gasteiger partial charge in [0.2, 0.25) is 0 Å². The number of aliphatic hydroxyl groups is 1. The van der Waals surface area contributed by atoms with Gasteiger partial charge in [-0.05, 0) is 41.5 Å². The van der Waals surface area contributed by atoms with E-state index < -0.39 is 28.4 Å². The van der Waals surface area contributed by atoms with Gasteiger partial charge in [-0.1, -0.05) is 6.07 Å².